The highest BCUT2D eigenvalue weighted by Crippen LogP contribution is 2.33. The van der Waals surface area contributed by atoms with Crippen LogP contribution in [-0.4, -0.2) is 71.0 Å². The molecule has 0 radical (unpaired) electrons. The number of carboxylic acids is 1. The standard InChI is InChI=1S/C24H44O8/c1-17(2)9-19(16-31-23(30)8-6-7-22(28)29)10-20(14-26)11-24(4,5)12-21(15-27)32-18(3)13-25/h10,17-18,20-21,25-27H,6-9,11-16H2,1-5H3,(H,28,29)/b19-10-/t18?,20-,21?/m1/s1. The van der Waals surface area contributed by atoms with Crippen molar-refractivity contribution in [2.24, 2.45) is 17.3 Å². The van der Waals surface area contributed by atoms with Gasteiger partial charge < -0.3 is 29.9 Å². The van der Waals surface area contributed by atoms with E-state index in [1.54, 1.807) is 6.92 Å². The van der Waals surface area contributed by atoms with Crippen molar-refractivity contribution >= 4 is 11.9 Å². The first kappa shape index (κ1) is 30.5. The van der Waals surface area contributed by atoms with Crippen molar-refractivity contribution in [1.82, 2.24) is 0 Å². The normalized spacial score (nSPS) is 15.5. The number of aliphatic carboxylic acids is 1. The predicted octanol–water partition coefficient (Wildman–Crippen LogP) is 2.93. The van der Waals surface area contributed by atoms with Gasteiger partial charge in [-0.2, -0.15) is 0 Å². The second kappa shape index (κ2) is 16.2. The summed E-state index contributed by atoms with van der Waals surface area (Å²) >= 11 is 0. The van der Waals surface area contributed by atoms with Gasteiger partial charge in [0.15, 0.2) is 0 Å². The van der Waals surface area contributed by atoms with E-state index in [4.69, 9.17) is 14.6 Å². The van der Waals surface area contributed by atoms with E-state index in [-0.39, 0.29) is 63.1 Å². The van der Waals surface area contributed by atoms with E-state index < -0.39 is 18.0 Å². The van der Waals surface area contributed by atoms with E-state index in [9.17, 15) is 24.9 Å². The van der Waals surface area contributed by atoms with Gasteiger partial charge in [0.25, 0.3) is 0 Å². The minimum Gasteiger partial charge on any atom is -0.481 e. The third-order valence-electron chi connectivity index (χ3n) is 5.05. The number of esters is 1. The SMILES string of the molecule is CC(C)C/C(=C/[C@@H](CO)CC(C)(C)CC(CO)OC(C)CO)COC(=O)CCCC(=O)O. The number of carbonyl (C=O) groups excluding carboxylic acids is 1. The number of carbonyl (C=O) groups is 2. The smallest absolute Gasteiger partial charge is 0.306 e. The average molecular weight is 461 g/mol. The molecule has 8 heteroatoms. The fourth-order valence-corrected chi connectivity index (χ4v) is 3.77. The van der Waals surface area contributed by atoms with Crippen molar-refractivity contribution in [3.63, 3.8) is 0 Å². The molecule has 0 heterocycles. The molecule has 0 bridgehead atoms. The van der Waals surface area contributed by atoms with Crippen molar-refractivity contribution < 1.29 is 39.5 Å². The Bertz CT molecular complexity index is 570. The molecular weight excluding hydrogens is 416 g/mol. The Morgan fingerprint density at radius 2 is 1.62 bits per heavy atom. The van der Waals surface area contributed by atoms with Gasteiger partial charge in [-0.25, -0.2) is 0 Å². The second-order valence-corrected chi connectivity index (χ2v) is 9.78. The molecule has 4 N–H and O–H groups in total. The monoisotopic (exact) mass is 460 g/mol. The molecule has 0 amide bonds. The van der Waals surface area contributed by atoms with E-state index in [1.165, 1.54) is 0 Å². The van der Waals surface area contributed by atoms with Crippen LogP contribution in [0.1, 0.15) is 73.1 Å². The van der Waals surface area contributed by atoms with Gasteiger partial charge in [-0.3, -0.25) is 9.59 Å². The summed E-state index contributed by atoms with van der Waals surface area (Å²) in [5.41, 5.74) is 0.674. The van der Waals surface area contributed by atoms with Crippen LogP contribution in [0.3, 0.4) is 0 Å². The molecule has 0 aliphatic heterocycles. The zero-order valence-electron chi connectivity index (χ0n) is 20.4. The summed E-state index contributed by atoms with van der Waals surface area (Å²) in [6, 6.07) is 0. The molecule has 8 nitrogen and oxygen atoms in total. The van der Waals surface area contributed by atoms with E-state index >= 15 is 0 Å². The molecule has 188 valence electrons. The fraction of sp³-hybridized carbons (Fsp3) is 0.833. The number of hydrogen-bond acceptors (Lipinski definition) is 7. The van der Waals surface area contributed by atoms with Crippen molar-refractivity contribution in [2.75, 3.05) is 26.4 Å². The fourth-order valence-electron chi connectivity index (χ4n) is 3.77. The van der Waals surface area contributed by atoms with Gasteiger partial charge in [0.05, 0.1) is 25.4 Å². The number of ether oxygens (including phenoxy) is 2. The first-order valence-corrected chi connectivity index (χ1v) is 11.5. The Hall–Kier alpha value is -1.48. The van der Waals surface area contributed by atoms with Crippen molar-refractivity contribution in [3.05, 3.63) is 11.6 Å². The molecule has 32 heavy (non-hydrogen) atoms. The van der Waals surface area contributed by atoms with Gasteiger partial charge in [-0.15, -0.1) is 0 Å². The first-order chi connectivity index (χ1) is 14.9. The highest BCUT2D eigenvalue weighted by Gasteiger charge is 2.27. The van der Waals surface area contributed by atoms with Crippen molar-refractivity contribution in [1.29, 1.82) is 0 Å². The van der Waals surface area contributed by atoms with Gasteiger partial charge in [0.2, 0.25) is 0 Å². The van der Waals surface area contributed by atoms with Crippen LogP contribution in [0.5, 0.6) is 0 Å². The van der Waals surface area contributed by atoms with Gasteiger partial charge in [-0.1, -0.05) is 33.8 Å². The van der Waals surface area contributed by atoms with E-state index in [0.29, 0.717) is 18.8 Å². The lowest BCUT2D eigenvalue weighted by Gasteiger charge is -2.32. The largest absolute Gasteiger partial charge is 0.481 e. The molecule has 2 unspecified atom stereocenters. The molecular formula is C24H44O8. The topological polar surface area (TPSA) is 134 Å². The van der Waals surface area contributed by atoms with Crippen LogP contribution in [0.4, 0.5) is 0 Å². The van der Waals surface area contributed by atoms with Crippen molar-refractivity contribution in [3.8, 4) is 0 Å². The van der Waals surface area contributed by atoms with Gasteiger partial charge in [-0.05, 0) is 49.5 Å². The molecule has 0 saturated heterocycles. The summed E-state index contributed by atoms with van der Waals surface area (Å²) in [5, 5.41) is 37.5. The highest BCUT2D eigenvalue weighted by atomic mass is 16.5. The summed E-state index contributed by atoms with van der Waals surface area (Å²) in [6.45, 7) is 9.75. The average Bonchev–Trinajstić information content (AvgIpc) is 2.69. The van der Waals surface area contributed by atoms with Crippen LogP contribution in [0, 0.1) is 17.3 Å². The quantitative estimate of drug-likeness (QED) is 0.181. The van der Waals surface area contributed by atoms with Crippen LogP contribution < -0.4 is 0 Å². The Morgan fingerprint density at radius 1 is 0.969 bits per heavy atom. The van der Waals surface area contributed by atoms with Gasteiger partial charge in [0, 0.05) is 25.4 Å². The van der Waals surface area contributed by atoms with Crippen LogP contribution in [0.15, 0.2) is 11.6 Å². The third kappa shape index (κ3) is 15.3. The molecule has 0 saturated carbocycles. The summed E-state index contributed by atoms with van der Waals surface area (Å²) in [6.07, 6.45) is 3.37. The van der Waals surface area contributed by atoms with Gasteiger partial charge >= 0.3 is 11.9 Å². The minimum absolute atomic E-state index is 0.0602. The number of carboxylic acid groups (broad SMARTS) is 1. The number of hydrogen-bond donors (Lipinski definition) is 4. The maximum absolute atomic E-state index is 11.9. The molecule has 0 rings (SSSR count). The second-order valence-electron chi connectivity index (χ2n) is 9.78. The summed E-state index contributed by atoms with van der Waals surface area (Å²) in [7, 11) is 0. The lowest BCUT2D eigenvalue weighted by atomic mass is 9.78. The summed E-state index contributed by atoms with van der Waals surface area (Å²) in [5.74, 6) is -1.18. The lowest BCUT2D eigenvalue weighted by molar-refractivity contribution is -0.143. The molecule has 0 spiro atoms. The zero-order chi connectivity index (χ0) is 24.7. The Morgan fingerprint density at radius 3 is 2.12 bits per heavy atom. The molecule has 0 aromatic rings. The Labute approximate surface area is 192 Å². The Kier molecular flexibility index (Phi) is 15.4. The molecule has 0 aromatic carbocycles. The predicted molar refractivity (Wildman–Crippen MR) is 122 cm³/mol. The maximum Gasteiger partial charge on any atom is 0.306 e. The lowest BCUT2D eigenvalue weighted by Crippen LogP contribution is -2.32. The first-order valence-electron chi connectivity index (χ1n) is 11.5. The highest BCUT2D eigenvalue weighted by molar-refractivity contribution is 5.71. The summed E-state index contributed by atoms with van der Waals surface area (Å²) in [4.78, 5) is 22.5. The van der Waals surface area contributed by atoms with E-state index in [1.807, 2.05) is 19.9 Å². The number of aliphatic hydroxyl groups excluding tert-OH is 3. The maximum atomic E-state index is 11.9. The third-order valence-corrected chi connectivity index (χ3v) is 5.05. The van der Waals surface area contributed by atoms with Crippen LogP contribution in [0.2, 0.25) is 0 Å². The zero-order valence-corrected chi connectivity index (χ0v) is 20.4. The van der Waals surface area contributed by atoms with E-state index in [2.05, 4.69) is 13.8 Å². The Balaban J connectivity index is 5.06. The summed E-state index contributed by atoms with van der Waals surface area (Å²) < 4.78 is 11.0. The minimum atomic E-state index is -0.939. The molecule has 0 aliphatic rings. The molecule has 3 atom stereocenters. The van der Waals surface area contributed by atoms with Crippen molar-refractivity contribution in [2.45, 2.75) is 85.4 Å². The number of aliphatic hydroxyl groups is 3. The molecule has 0 fully saturated rings. The molecule has 0 aromatic heterocycles. The van der Waals surface area contributed by atoms with E-state index in [0.717, 1.165) is 12.0 Å². The van der Waals surface area contributed by atoms with Crippen LogP contribution in [-0.2, 0) is 19.1 Å². The van der Waals surface area contributed by atoms with Crippen LogP contribution in [0.25, 0.3) is 0 Å². The number of rotatable bonds is 18. The molecule has 0 aliphatic carbocycles. The van der Waals surface area contributed by atoms with Gasteiger partial charge in [0.1, 0.15) is 6.61 Å². The van der Waals surface area contributed by atoms with Crippen LogP contribution >= 0.6 is 0 Å².